The lowest BCUT2D eigenvalue weighted by molar-refractivity contribution is 0.0502. The van der Waals surface area contributed by atoms with E-state index in [1.807, 2.05) is 24.1 Å². The summed E-state index contributed by atoms with van der Waals surface area (Å²) in [5.74, 6) is 0.0892. The molecule has 19 heavy (non-hydrogen) atoms. The van der Waals surface area contributed by atoms with E-state index in [0.717, 1.165) is 39.3 Å². The summed E-state index contributed by atoms with van der Waals surface area (Å²) < 4.78 is 0. The molecule has 6 heteroatoms. The smallest absolute Gasteiger partial charge is 0.282 e. The van der Waals surface area contributed by atoms with Gasteiger partial charge in [0.05, 0.1) is 0 Å². The number of piperazine rings is 1. The van der Waals surface area contributed by atoms with E-state index in [-0.39, 0.29) is 5.91 Å². The molecule has 0 saturated carbocycles. The second-order valence-electron chi connectivity index (χ2n) is 4.48. The monoisotopic (exact) mass is 282 g/mol. The van der Waals surface area contributed by atoms with Crippen LogP contribution in [0, 0.1) is 0 Å². The number of hydrogen-bond acceptors (Lipinski definition) is 5. The van der Waals surface area contributed by atoms with Gasteiger partial charge in [0.2, 0.25) is 0 Å². The molecule has 3 heterocycles. The van der Waals surface area contributed by atoms with Gasteiger partial charge < -0.3 is 10.2 Å². The Hall–Kier alpha value is -0.980. The molecule has 0 aliphatic carbocycles. The zero-order valence-electron chi connectivity index (χ0n) is 11.6. The van der Waals surface area contributed by atoms with Crippen molar-refractivity contribution >= 4 is 17.2 Å². The van der Waals surface area contributed by atoms with Crippen LogP contribution < -0.4 is 5.32 Å². The maximum atomic E-state index is 12.1. The van der Waals surface area contributed by atoms with Crippen LogP contribution >= 0.6 is 11.3 Å². The molecular formula is C13H22N4OS. The summed E-state index contributed by atoms with van der Waals surface area (Å²) >= 11 is 1.42. The Balaban J connectivity index is 0.000000637. The molecule has 1 amide bonds. The fraction of sp³-hybridized carbons (Fsp3) is 0.692. The molecule has 2 aliphatic rings. The van der Waals surface area contributed by atoms with Crippen molar-refractivity contribution in [3.63, 3.8) is 0 Å². The van der Waals surface area contributed by atoms with Crippen molar-refractivity contribution in [3.8, 4) is 0 Å². The van der Waals surface area contributed by atoms with Crippen molar-refractivity contribution in [2.75, 3.05) is 39.3 Å². The number of rotatable bonds is 2. The molecule has 106 valence electrons. The first-order valence-corrected chi connectivity index (χ1v) is 7.86. The maximum absolute atomic E-state index is 12.1. The Morgan fingerprint density at radius 2 is 2.00 bits per heavy atom. The molecule has 0 aromatic carbocycles. The molecule has 0 radical (unpaired) electrons. The summed E-state index contributed by atoms with van der Waals surface area (Å²) in [6, 6.07) is 0.687. The molecule has 2 saturated heterocycles. The van der Waals surface area contributed by atoms with E-state index in [0.29, 0.717) is 11.0 Å². The lowest BCUT2D eigenvalue weighted by Crippen LogP contribution is -2.62. The number of thiazole rings is 1. The summed E-state index contributed by atoms with van der Waals surface area (Å²) in [4.78, 5) is 20.5. The third kappa shape index (κ3) is 3.32. The Morgan fingerprint density at radius 3 is 2.47 bits per heavy atom. The molecule has 1 aromatic rings. The van der Waals surface area contributed by atoms with E-state index in [9.17, 15) is 4.79 Å². The van der Waals surface area contributed by atoms with Crippen molar-refractivity contribution < 1.29 is 4.79 Å². The molecule has 1 N–H and O–H groups in total. The highest BCUT2D eigenvalue weighted by molar-refractivity contribution is 7.11. The average molecular weight is 282 g/mol. The zero-order valence-corrected chi connectivity index (χ0v) is 12.4. The first-order chi connectivity index (χ1) is 9.34. The van der Waals surface area contributed by atoms with Gasteiger partial charge in [-0.05, 0) is 0 Å². The van der Waals surface area contributed by atoms with E-state index < -0.39 is 0 Å². The molecule has 2 fully saturated rings. The van der Waals surface area contributed by atoms with Gasteiger partial charge >= 0.3 is 0 Å². The first kappa shape index (κ1) is 14.4. The standard InChI is InChI=1S/C11H16N4OS.C2H6/c16-11(10-13-1-6-17-10)15-4-2-14(3-5-15)9-7-12-8-9;1-2/h1,6,9,12H,2-5,7-8H2;1-2H3. The lowest BCUT2D eigenvalue weighted by Gasteiger charge is -2.43. The van der Waals surface area contributed by atoms with E-state index >= 15 is 0 Å². The van der Waals surface area contributed by atoms with Crippen LogP contribution in [0.15, 0.2) is 11.6 Å². The van der Waals surface area contributed by atoms with Crippen LogP contribution in [0.3, 0.4) is 0 Å². The summed E-state index contributed by atoms with van der Waals surface area (Å²) in [7, 11) is 0. The molecule has 0 unspecified atom stereocenters. The summed E-state index contributed by atoms with van der Waals surface area (Å²) in [5, 5.41) is 5.75. The van der Waals surface area contributed by atoms with Crippen LogP contribution in [0.4, 0.5) is 0 Å². The molecule has 2 aliphatic heterocycles. The van der Waals surface area contributed by atoms with Gasteiger partial charge in [-0.15, -0.1) is 11.3 Å². The van der Waals surface area contributed by atoms with Gasteiger partial charge in [-0.2, -0.15) is 0 Å². The van der Waals surface area contributed by atoms with Gasteiger partial charge in [-0.25, -0.2) is 4.98 Å². The molecule has 5 nitrogen and oxygen atoms in total. The van der Waals surface area contributed by atoms with Crippen molar-refractivity contribution in [1.29, 1.82) is 0 Å². The fourth-order valence-electron chi connectivity index (χ4n) is 2.29. The van der Waals surface area contributed by atoms with Crippen molar-refractivity contribution in [2.24, 2.45) is 0 Å². The highest BCUT2D eigenvalue weighted by Gasteiger charge is 2.29. The number of carbonyl (C=O) groups excluding carboxylic acids is 1. The topological polar surface area (TPSA) is 48.5 Å². The summed E-state index contributed by atoms with van der Waals surface area (Å²) in [6.07, 6.45) is 1.69. The van der Waals surface area contributed by atoms with Crippen LogP contribution in [-0.2, 0) is 0 Å². The Bertz CT molecular complexity index is 383. The van der Waals surface area contributed by atoms with E-state index in [4.69, 9.17) is 0 Å². The van der Waals surface area contributed by atoms with Crippen molar-refractivity contribution in [1.82, 2.24) is 20.1 Å². The minimum Gasteiger partial charge on any atom is -0.334 e. The van der Waals surface area contributed by atoms with E-state index in [1.54, 1.807) is 6.20 Å². The number of carbonyl (C=O) groups is 1. The van der Waals surface area contributed by atoms with Crippen molar-refractivity contribution in [3.05, 3.63) is 16.6 Å². The maximum Gasteiger partial charge on any atom is 0.282 e. The molecule has 3 rings (SSSR count). The minimum atomic E-state index is 0.0892. The molecule has 0 spiro atoms. The zero-order chi connectivity index (χ0) is 13.7. The van der Waals surface area contributed by atoms with Gasteiger partial charge in [-0.1, -0.05) is 13.8 Å². The Morgan fingerprint density at radius 1 is 1.32 bits per heavy atom. The minimum absolute atomic E-state index is 0.0892. The molecular weight excluding hydrogens is 260 g/mol. The van der Waals surface area contributed by atoms with E-state index in [1.165, 1.54) is 11.3 Å². The van der Waals surface area contributed by atoms with Crippen LogP contribution in [0.1, 0.15) is 23.6 Å². The van der Waals surface area contributed by atoms with Crippen LogP contribution in [0.2, 0.25) is 0 Å². The number of nitrogens with one attached hydrogen (secondary N) is 1. The van der Waals surface area contributed by atoms with Gasteiger partial charge in [-0.3, -0.25) is 9.69 Å². The van der Waals surface area contributed by atoms with Crippen LogP contribution in [0.5, 0.6) is 0 Å². The number of amides is 1. The SMILES string of the molecule is CC.O=C(c1nccs1)N1CCN(C2CNC2)CC1. The second-order valence-corrected chi connectivity index (χ2v) is 5.37. The highest BCUT2D eigenvalue weighted by Crippen LogP contribution is 2.13. The third-order valence-corrected chi connectivity index (χ3v) is 4.25. The highest BCUT2D eigenvalue weighted by atomic mass is 32.1. The van der Waals surface area contributed by atoms with E-state index in [2.05, 4.69) is 15.2 Å². The predicted octanol–water partition coefficient (Wildman–Crippen LogP) is 0.899. The first-order valence-electron chi connectivity index (χ1n) is 6.98. The Kier molecular flexibility index (Phi) is 5.30. The van der Waals surface area contributed by atoms with Crippen LogP contribution in [0.25, 0.3) is 0 Å². The summed E-state index contributed by atoms with van der Waals surface area (Å²) in [5.41, 5.74) is 0. The predicted molar refractivity (Wildman–Crippen MR) is 77.6 cm³/mol. The quantitative estimate of drug-likeness (QED) is 0.875. The average Bonchev–Trinajstić information content (AvgIpc) is 2.93. The van der Waals surface area contributed by atoms with Gasteiger partial charge in [0, 0.05) is 56.9 Å². The van der Waals surface area contributed by atoms with Gasteiger partial charge in [0.25, 0.3) is 5.91 Å². The number of nitrogens with zero attached hydrogens (tertiary/aromatic N) is 3. The number of aromatic nitrogens is 1. The van der Waals surface area contributed by atoms with Gasteiger partial charge in [0.1, 0.15) is 0 Å². The Labute approximate surface area is 118 Å². The van der Waals surface area contributed by atoms with Crippen molar-refractivity contribution in [2.45, 2.75) is 19.9 Å². The van der Waals surface area contributed by atoms with Crippen LogP contribution in [-0.4, -0.2) is 66.0 Å². The second kappa shape index (κ2) is 6.98. The number of hydrogen-bond donors (Lipinski definition) is 1. The fourth-order valence-corrected chi connectivity index (χ4v) is 2.89. The molecule has 1 aromatic heterocycles. The largest absolute Gasteiger partial charge is 0.334 e. The molecule has 0 bridgehead atoms. The summed E-state index contributed by atoms with van der Waals surface area (Å²) in [6.45, 7) is 9.83. The normalized spacial score (nSPS) is 20.4. The lowest BCUT2D eigenvalue weighted by atomic mass is 10.1. The third-order valence-electron chi connectivity index (χ3n) is 3.49. The van der Waals surface area contributed by atoms with Gasteiger partial charge in [0.15, 0.2) is 5.01 Å². The molecule has 0 atom stereocenters.